The van der Waals surface area contributed by atoms with Crippen LogP contribution in [-0.2, 0) is 24.9 Å². The van der Waals surface area contributed by atoms with E-state index in [0.717, 1.165) is 50.1 Å². The molecule has 0 aliphatic carbocycles. The molecule has 0 radical (unpaired) electrons. The van der Waals surface area contributed by atoms with Crippen molar-refractivity contribution in [2.24, 2.45) is 0 Å². The highest BCUT2D eigenvalue weighted by atomic mass is 32.2. The van der Waals surface area contributed by atoms with Gasteiger partial charge in [-0.1, -0.05) is 184 Å². The average Bonchev–Trinajstić information content (AvgIpc) is 3.36. The largest absolute Gasteiger partial charge is 0.481 e. The lowest BCUT2D eigenvalue weighted by atomic mass is 10.1. The molecule has 0 fully saturated rings. The molecule has 3 aromatic rings. The molecule has 5 N–H and O–H groups in total. The van der Waals surface area contributed by atoms with Crippen molar-refractivity contribution in [1.82, 2.24) is 0 Å². The number of carboxylic acids is 5. The highest BCUT2D eigenvalue weighted by Crippen LogP contribution is 2.27. The molecular weight excluding hydrogens is 1000 g/mol. The van der Waals surface area contributed by atoms with Gasteiger partial charge in [-0.3, -0.25) is 19.2 Å². The van der Waals surface area contributed by atoms with Crippen molar-refractivity contribution in [2.45, 2.75) is 184 Å². The van der Waals surface area contributed by atoms with E-state index in [2.05, 4.69) is 20.8 Å². The molecule has 0 saturated heterocycles. The molecule has 0 aromatic heterocycles. The summed E-state index contributed by atoms with van der Waals surface area (Å²) in [6, 6.07) is 26.9. The van der Waals surface area contributed by atoms with Gasteiger partial charge in [0, 0.05) is 38.6 Å². The van der Waals surface area contributed by atoms with E-state index in [1.54, 1.807) is 70.9 Å². The third kappa shape index (κ3) is 56.1. The third-order valence-corrected chi connectivity index (χ3v) is 15.5. The van der Waals surface area contributed by atoms with Crippen LogP contribution in [0.1, 0.15) is 184 Å². The number of aromatic carboxylic acids is 1. The summed E-state index contributed by atoms with van der Waals surface area (Å²) < 4.78 is 0. The zero-order valence-electron chi connectivity index (χ0n) is 43.8. The van der Waals surface area contributed by atoms with Gasteiger partial charge in [-0.2, -0.15) is 47.0 Å². The Labute approximate surface area is 455 Å². The number of carboxylic acid groups (broad SMARTS) is 5. The van der Waals surface area contributed by atoms with Crippen LogP contribution in [0.25, 0.3) is 0 Å². The highest BCUT2D eigenvalue weighted by molar-refractivity contribution is 8.00. The summed E-state index contributed by atoms with van der Waals surface area (Å²) in [6.07, 6.45) is 26.4. The Kier molecular flexibility index (Phi) is 54.6. The Morgan fingerprint density at radius 1 is 0.347 bits per heavy atom. The summed E-state index contributed by atoms with van der Waals surface area (Å²) in [6.45, 7) is 6.66. The second-order valence-electron chi connectivity index (χ2n) is 16.9. The van der Waals surface area contributed by atoms with Gasteiger partial charge in [-0.25, -0.2) is 4.79 Å². The molecule has 15 heteroatoms. The number of benzene rings is 3. The minimum atomic E-state index is -0.892. The number of carbonyl (C=O) groups is 5. The number of hydrogen-bond acceptors (Lipinski definition) is 10. The summed E-state index contributed by atoms with van der Waals surface area (Å²) in [5.41, 5.74) is 1.57. The first-order valence-corrected chi connectivity index (χ1v) is 31.6. The second-order valence-corrected chi connectivity index (χ2v) is 22.8. The van der Waals surface area contributed by atoms with E-state index in [0.29, 0.717) is 30.6 Å². The molecule has 0 bridgehead atoms. The third-order valence-electron chi connectivity index (χ3n) is 10.2. The second kappa shape index (κ2) is 55.5. The molecule has 0 spiro atoms. The van der Waals surface area contributed by atoms with Crippen LogP contribution < -0.4 is 0 Å². The van der Waals surface area contributed by atoms with Gasteiger partial charge < -0.3 is 25.5 Å². The first-order valence-electron chi connectivity index (χ1n) is 26.1. The quantitative estimate of drug-likeness (QED) is 0.0339. The van der Waals surface area contributed by atoms with Crippen LogP contribution in [0, 0.1) is 0 Å². The molecule has 0 heterocycles. The van der Waals surface area contributed by atoms with Crippen LogP contribution in [0.3, 0.4) is 0 Å². The van der Waals surface area contributed by atoms with Crippen molar-refractivity contribution in [2.75, 3.05) is 40.3 Å². The molecular formula is C57H90O10S5. The maximum absolute atomic E-state index is 10.7. The fourth-order valence-corrected chi connectivity index (χ4v) is 10.7. The zero-order valence-corrected chi connectivity index (χ0v) is 47.9. The minimum Gasteiger partial charge on any atom is -0.481 e. The van der Waals surface area contributed by atoms with Crippen LogP contribution in [0.4, 0.5) is 0 Å². The van der Waals surface area contributed by atoms with Gasteiger partial charge in [0.1, 0.15) is 0 Å². The van der Waals surface area contributed by atoms with Crippen molar-refractivity contribution in [3.63, 3.8) is 0 Å². The Bertz CT molecular complexity index is 1700. The molecule has 3 aromatic carbocycles. The molecule has 0 amide bonds. The Morgan fingerprint density at radius 3 is 1.01 bits per heavy atom. The van der Waals surface area contributed by atoms with E-state index in [1.807, 2.05) is 72.8 Å². The van der Waals surface area contributed by atoms with Crippen molar-refractivity contribution in [1.29, 1.82) is 0 Å². The molecule has 10 nitrogen and oxygen atoms in total. The number of unbranched alkanes of at least 4 members (excludes halogenated alkanes) is 16. The molecule has 0 unspecified atom stereocenters. The average molecular weight is 1100 g/mol. The molecule has 0 aliphatic rings. The van der Waals surface area contributed by atoms with Crippen LogP contribution >= 0.6 is 58.8 Å². The Balaban J connectivity index is 0. The van der Waals surface area contributed by atoms with Crippen LogP contribution in [0.2, 0.25) is 0 Å². The lowest BCUT2D eigenvalue weighted by molar-refractivity contribution is -0.137. The van der Waals surface area contributed by atoms with Crippen LogP contribution in [0.5, 0.6) is 0 Å². The molecule has 408 valence electrons. The predicted octanol–water partition coefficient (Wildman–Crippen LogP) is 17.0. The van der Waals surface area contributed by atoms with E-state index in [1.165, 1.54) is 128 Å². The van der Waals surface area contributed by atoms with Gasteiger partial charge in [0.15, 0.2) is 0 Å². The lowest BCUT2D eigenvalue weighted by Crippen LogP contribution is -1.96. The fourth-order valence-electron chi connectivity index (χ4n) is 6.13. The van der Waals surface area contributed by atoms with E-state index in [9.17, 15) is 24.0 Å². The minimum absolute atomic E-state index is 0.248. The predicted molar refractivity (Wildman–Crippen MR) is 312 cm³/mol. The van der Waals surface area contributed by atoms with Gasteiger partial charge in [-0.05, 0) is 78.5 Å². The van der Waals surface area contributed by atoms with Gasteiger partial charge >= 0.3 is 29.8 Å². The van der Waals surface area contributed by atoms with E-state index < -0.39 is 29.8 Å². The molecule has 72 heavy (non-hydrogen) atoms. The molecule has 0 aliphatic heterocycles. The summed E-state index contributed by atoms with van der Waals surface area (Å²) in [4.78, 5) is 53.6. The number of aliphatic carboxylic acids is 4. The SMILES string of the molecule is CCCCCCCCCCCSCCC(=O)O.CCCCCCCCCSCCC(=O)O.CCCCCSCCC(=O)O.O=C(O)CCSCc1ccccc1.O=C(O)c1ccc(Sc2ccccc2)cc1. The standard InChI is InChI=1S/C14H28O2S.C13H10O2S.C12H24O2S.C10H12O2S.C8H16O2S/c1-2-3-4-5-6-7-8-9-10-12-17-13-11-14(15)16;14-13(15)10-6-8-12(9-7-10)16-11-4-2-1-3-5-11;1-2-3-4-5-6-7-8-10-15-11-9-12(13)14;11-10(12)6-7-13-8-9-4-2-1-3-5-9;1-2-3-4-6-11-7-5-8(9)10/h2-13H2,1H3,(H,15,16);1-9H,(H,14,15);2-11H2,1H3,(H,13,14);1-5H,6-8H2,(H,11,12);2-7H2,1H3,(H,9,10). The lowest BCUT2D eigenvalue weighted by Gasteiger charge is -2.02. The highest BCUT2D eigenvalue weighted by Gasteiger charge is 2.03. The summed E-state index contributed by atoms with van der Waals surface area (Å²) >= 11 is 8.55. The van der Waals surface area contributed by atoms with Crippen molar-refractivity contribution >= 4 is 88.7 Å². The maximum atomic E-state index is 10.7. The Hall–Kier alpha value is -3.24. The molecule has 0 atom stereocenters. The van der Waals surface area contributed by atoms with Crippen molar-refractivity contribution < 1.29 is 49.5 Å². The topological polar surface area (TPSA) is 186 Å². The summed E-state index contributed by atoms with van der Waals surface area (Å²) in [5.74, 6) is 3.59. The van der Waals surface area contributed by atoms with E-state index in [4.69, 9.17) is 25.5 Å². The van der Waals surface area contributed by atoms with Gasteiger partial charge in [0.05, 0.1) is 31.2 Å². The number of rotatable bonds is 39. The first kappa shape index (κ1) is 70.8. The normalized spacial score (nSPS) is 10.2. The fraction of sp³-hybridized carbons (Fsp3) is 0.596. The van der Waals surface area contributed by atoms with Crippen molar-refractivity contribution in [3.05, 3.63) is 96.1 Å². The van der Waals surface area contributed by atoms with Crippen LogP contribution in [0.15, 0.2) is 94.7 Å². The van der Waals surface area contributed by atoms with E-state index >= 15 is 0 Å². The Morgan fingerprint density at radius 2 is 0.653 bits per heavy atom. The monoisotopic (exact) mass is 1090 g/mol. The van der Waals surface area contributed by atoms with Gasteiger partial charge in [0.2, 0.25) is 0 Å². The zero-order chi connectivity index (χ0) is 53.6. The summed E-state index contributed by atoms with van der Waals surface area (Å²) in [7, 11) is 0. The van der Waals surface area contributed by atoms with Crippen LogP contribution in [-0.4, -0.2) is 95.6 Å². The number of thioether (sulfide) groups is 4. The maximum Gasteiger partial charge on any atom is 0.335 e. The molecule has 0 saturated carbocycles. The first-order chi connectivity index (χ1) is 34.9. The molecule has 3 rings (SSSR count). The smallest absolute Gasteiger partial charge is 0.335 e. The van der Waals surface area contributed by atoms with E-state index in [-0.39, 0.29) is 6.42 Å². The number of hydrogen-bond donors (Lipinski definition) is 5. The van der Waals surface area contributed by atoms with Crippen molar-refractivity contribution in [3.8, 4) is 0 Å². The summed E-state index contributed by atoms with van der Waals surface area (Å²) in [5, 5.41) is 42.3. The van der Waals surface area contributed by atoms with Gasteiger partial charge in [-0.15, -0.1) is 0 Å². The van der Waals surface area contributed by atoms with Gasteiger partial charge in [0.25, 0.3) is 0 Å².